The van der Waals surface area contributed by atoms with Gasteiger partial charge in [-0.15, -0.1) is 23.1 Å². The van der Waals surface area contributed by atoms with E-state index >= 15 is 0 Å². The van der Waals surface area contributed by atoms with Gasteiger partial charge in [0.2, 0.25) is 0 Å². The van der Waals surface area contributed by atoms with Crippen LogP contribution < -0.4 is 0 Å². The van der Waals surface area contributed by atoms with E-state index < -0.39 is 0 Å². The lowest BCUT2D eigenvalue weighted by Crippen LogP contribution is -2.07. The molecule has 0 aromatic carbocycles. The van der Waals surface area contributed by atoms with Crippen LogP contribution >= 0.6 is 23.1 Å². The Morgan fingerprint density at radius 2 is 2.54 bits per heavy atom. The maximum absolute atomic E-state index is 10.9. The standard InChI is InChI=1S/C9H12O2S2/c1-7(6-8(10)11-2)13-9-4-3-5-12-9/h3-5,7H,6H2,1-2H3. The highest BCUT2D eigenvalue weighted by molar-refractivity contribution is 8.01. The number of esters is 1. The van der Waals surface area contributed by atoms with Gasteiger partial charge in [-0.05, 0) is 11.4 Å². The molecule has 2 nitrogen and oxygen atoms in total. The van der Waals surface area contributed by atoms with Crippen molar-refractivity contribution in [2.45, 2.75) is 22.8 Å². The second-order valence-corrected chi connectivity index (χ2v) is 5.33. The highest BCUT2D eigenvalue weighted by Gasteiger charge is 2.10. The number of thioether (sulfide) groups is 1. The summed E-state index contributed by atoms with van der Waals surface area (Å²) in [6, 6.07) is 4.07. The van der Waals surface area contributed by atoms with Crippen LogP contribution in [0.3, 0.4) is 0 Å². The second kappa shape index (κ2) is 5.29. The summed E-state index contributed by atoms with van der Waals surface area (Å²) >= 11 is 3.41. The van der Waals surface area contributed by atoms with Crippen molar-refractivity contribution in [1.29, 1.82) is 0 Å². The SMILES string of the molecule is COC(=O)CC(C)Sc1cccs1. The van der Waals surface area contributed by atoms with Crippen molar-refractivity contribution >= 4 is 29.1 Å². The highest BCUT2D eigenvalue weighted by Crippen LogP contribution is 2.29. The van der Waals surface area contributed by atoms with Gasteiger partial charge in [0.15, 0.2) is 0 Å². The molecule has 72 valence electrons. The molecule has 1 heterocycles. The third-order valence-corrected chi connectivity index (χ3v) is 3.67. The monoisotopic (exact) mass is 216 g/mol. The number of carbonyl (C=O) groups is 1. The van der Waals surface area contributed by atoms with Gasteiger partial charge in [0.1, 0.15) is 0 Å². The van der Waals surface area contributed by atoms with Crippen molar-refractivity contribution in [3.8, 4) is 0 Å². The first kappa shape index (κ1) is 10.6. The largest absolute Gasteiger partial charge is 0.469 e. The number of hydrogen-bond acceptors (Lipinski definition) is 4. The number of ether oxygens (including phenoxy) is 1. The Bertz CT molecular complexity index is 257. The van der Waals surface area contributed by atoms with E-state index in [1.807, 2.05) is 18.4 Å². The lowest BCUT2D eigenvalue weighted by atomic mass is 10.3. The van der Waals surface area contributed by atoms with Crippen LogP contribution in [-0.4, -0.2) is 18.3 Å². The third kappa shape index (κ3) is 3.83. The molecule has 1 atom stereocenters. The average molecular weight is 216 g/mol. The summed E-state index contributed by atoms with van der Waals surface area (Å²) in [5.74, 6) is -0.142. The van der Waals surface area contributed by atoms with Crippen molar-refractivity contribution in [3.63, 3.8) is 0 Å². The van der Waals surface area contributed by atoms with E-state index in [1.165, 1.54) is 11.3 Å². The van der Waals surface area contributed by atoms with Crippen LogP contribution in [0, 0.1) is 0 Å². The topological polar surface area (TPSA) is 26.3 Å². The van der Waals surface area contributed by atoms with Gasteiger partial charge in [-0.2, -0.15) is 0 Å². The van der Waals surface area contributed by atoms with Crippen LogP contribution in [0.1, 0.15) is 13.3 Å². The van der Waals surface area contributed by atoms with Crippen LogP contribution in [0.5, 0.6) is 0 Å². The van der Waals surface area contributed by atoms with Crippen molar-refractivity contribution in [3.05, 3.63) is 17.5 Å². The summed E-state index contributed by atoms with van der Waals surface area (Å²) in [7, 11) is 1.42. The predicted molar refractivity (Wildman–Crippen MR) is 56.3 cm³/mol. The van der Waals surface area contributed by atoms with Crippen LogP contribution in [0.15, 0.2) is 21.7 Å². The second-order valence-electron chi connectivity index (χ2n) is 2.64. The summed E-state index contributed by atoms with van der Waals surface area (Å²) in [6.45, 7) is 2.03. The molecule has 0 radical (unpaired) electrons. The van der Waals surface area contributed by atoms with Crippen molar-refractivity contribution in [2.24, 2.45) is 0 Å². The molecule has 0 bridgehead atoms. The quantitative estimate of drug-likeness (QED) is 0.572. The van der Waals surface area contributed by atoms with Gasteiger partial charge in [-0.3, -0.25) is 4.79 Å². The Labute approximate surface area is 86.3 Å². The Hall–Kier alpha value is -0.480. The van der Waals surface area contributed by atoms with Gasteiger partial charge in [0.25, 0.3) is 0 Å². The zero-order valence-corrected chi connectivity index (χ0v) is 9.28. The molecule has 1 aromatic heterocycles. The van der Waals surface area contributed by atoms with Crippen molar-refractivity contribution < 1.29 is 9.53 Å². The summed E-state index contributed by atoms with van der Waals surface area (Å²) in [6.07, 6.45) is 0.471. The van der Waals surface area contributed by atoms with Crippen molar-refractivity contribution in [1.82, 2.24) is 0 Å². The molecule has 13 heavy (non-hydrogen) atoms. The first-order chi connectivity index (χ1) is 6.22. The molecule has 1 aromatic rings. The molecule has 1 rings (SSSR count). The molecule has 0 saturated heterocycles. The molecular formula is C9H12O2S2. The maximum Gasteiger partial charge on any atom is 0.306 e. The predicted octanol–water partition coefficient (Wildman–Crippen LogP) is 2.79. The maximum atomic E-state index is 10.9. The van der Waals surface area contributed by atoms with Gasteiger partial charge >= 0.3 is 5.97 Å². The molecule has 0 aliphatic carbocycles. The molecule has 0 aliphatic rings. The van der Waals surface area contributed by atoms with E-state index in [1.54, 1.807) is 23.1 Å². The zero-order chi connectivity index (χ0) is 9.68. The summed E-state index contributed by atoms with van der Waals surface area (Å²) < 4.78 is 5.84. The summed E-state index contributed by atoms with van der Waals surface area (Å²) in [4.78, 5) is 10.9. The first-order valence-electron chi connectivity index (χ1n) is 3.99. The summed E-state index contributed by atoms with van der Waals surface area (Å²) in [5, 5.41) is 2.32. The Morgan fingerprint density at radius 3 is 3.08 bits per heavy atom. The van der Waals surface area contributed by atoms with E-state index in [0.717, 1.165) is 0 Å². The molecule has 0 aliphatic heterocycles. The average Bonchev–Trinajstić information content (AvgIpc) is 2.56. The van der Waals surface area contributed by atoms with Crippen LogP contribution in [0.2, 0.25) is 0 Å². The molecule has 0 N–H and O–H groups in total. The van der Waals surface area contributed by atoms with Gasteiger partial charge in [0, 0.05) is 5.25 Å². The number of carbonyl (C=O) groups excluding carboxylic acids is 1. The number of rotatable bonds is 4. The molecular weight excluding hydrogens is 204 g/mol. The molecule has 0 fully saturated rings. The van der Waals surface area contributed by atoms with E-state index in [9.17, 15) is 4.79 Å². The van der Waals surface area contributed by atoms with E-state index in [0.29, 0.717) is 6.42 Å². The Balaban J connectivity index is 2.33. The fourth-order valence-corrected chi connectivity index (χ4v) is 2.99. The van der Waals surface area contributed by atoms with Crippen molar-refractivity contribution in [2.75, 3.05) is 7.11 Å². The minimum absolute atomic E-state index is 0.142. The lowest BCUT2D eigenvalue weighted by Gasteiger charge is -2.07. The smallest absolute Gasteiger partial charge is 0.306 e. The van der Waals surface area contributed by atoms with Gasteiger partial charge in [-0.1, -0.05) is 13.0 Å². The molecule has 0 spiro atoms. The molecule has 1 unspecified atom stereocenters. The minimum Gasteiger partial charge on any atom is -0.469 e. The zero-order valence-electron chi connectivity index (χ0n) is 7.65. The molecule has 0 saturated carbocycles. The van der Waals surface area contributed by atoms with Gasteiger partial charge < -0.3 is 4.74 Å². The summed E-state index contributed by atoms with van der Waals surface area (Å²) in [5.41, 5.74) is 0. The third-order valence-electron chi connectivity index (χ3n) is 1.49. The first-order valence-corrected chi connectivity index (χ1v) is 5.75. The van der Waals surface area contributed by atoms with E-state index in [-0.39, 0.29) is 11.2 Å². The molecule has 0 amide bonds. The van der Waals surface area contributed by atoms with E-state index in [4.69, 9.17) is 0 Å². The Morgan fingerprint density at radius 1 is 1.77 bits per heavy atom. The van der Waals surface area contributed by atoms with Gasteiger partial charge in [-0.25, -0.2) is 0 Å². The fraction of sp³-hybridized carbons (Fsp3) is 0.444. The lowest BCUT2D eigenvalue weighted by molar-refractivity contribution is -0.140. The van der Waals surface area contributed by atoms with Crippen LogP contribution in [0.25, 0.3) is 0 Å². The van der Waals surface area contributed by atoms with Gasteiger partial charge in [0.05, 0.1) is 17.7 Å². The Kier molecular flexibility index (Phi) is 4.32. The normalized spacial score (nSPS) is 12.5. The molecule has 4 heteroatoms. The van der Waals surface area contributed by atoms with Crippen LogP contribution in [-0.2, 0) is 9.53 Å². The number of hydrogen-bond donors (Lipinski definition) is 0. The van der Waals surface area contributed by atoms with E-state index in [2.05, 4.69) is 10.8 Å². The highest BCUT2D eigenvalue weighted by atomic mass is 32.2. The fourth-order valence-electron chi connectivity index (χ4n) is 0.889. The number of thiophene rings is 1. The minimum atomic E-state index is -0.142. The number of methoxy groups -OCH3 is 1. The van der Waals surface area contributed by atoms with Crippen LogP contribution in [0.4, 0.5) is 0 Å².